The van der Waals surface area contributed by atoms with E-state index in [0.29, 0.717) is 50.1 Å². The number of hydrogen-bond donors (Lipinski definition) is 1. The van der Waals surface area contributed by atoms with Crippen molar-refractivity contribution in [3.05, 3.63) is 239 Å². The molecular weight excluding hydrogens is 1900 g/mol. The van der Waals surface area contributed by atoms with Gasteiger partial charge in [0.25, 0.3) is 0 Å². The molecule has 0 aliphatic carbocycles. The second-order valence-electron chi connectivity index (χ2n) is 28.3. The van der Waals surface area contributed by atoms with Crippen LogP contribution in [0.1, 0.15) is 66.5 Å². The van der Waals surface area contributed by atoms with E-state index in [1.165, 1.54) is 63.2 Å². The number of rotatable bonds is 12. The van der Waals surface area contributed by atoms with Crippen molar-refractivity contribution in [3.63, 3.8) is 0 Å². The molecule has 0 atom stereocenters. The third-order valence-electron chi connectivity index (χ3n) is 20.4. The van der Waals surface area contributed by atoms with E-state index in [0.717, 1.165) is 56.9 Å². The molecular formula is C86H76Cl12F6N3O16P. The zero-order valence-corrected chi connectivity index (χ0v) is 76.0. The number of nitrogens with zero attached hydrogens (tertiary/aromatic N) is 2. The molecule has 0 aromatic heterocycles. The van der Waals surface area contributed by atoms with Crippen molar-refractivity contribution >= 4 is 169 Å². The summed E-state index contributed by atoms with van der Waals surface area (Å²) in [7, 11) is -3.19. The number of anilines is 4. The maximum Gasteiger partial charge on any atom is 0.416 e. The van der Waals surface area contributed by atoms with E-state index in [1.54, 1.807) is 12.1 Å². The molecule has 662 valence electrons. The van der Waals surface area contributed by atoms with Crippen LogP contribution >= 0.6 is 147 Å². The SMILES string of the molecule is CCCN1c2cccc(OC)c2C2(CC[NH2+]Cc3ccccc3)c3c(OC)cccc3N(CCC)c3cccc1c32.Clc1c(Cl)c(Cl)c2c(c1Cl)O[P-]13(O2)(Oc2c(Cl)c(Cl)c(Cl)c(Cl)c2O1)Oc1c(Cl)c(Cl)c(Cl)c(Cl)c1O3.FC(F)(F)c1cc(-c2ccc3c(c2)OCCOCCOCCOc2ccccc2OCCOCCOCCO3)cc(C(F)(F)F)c1. The largest absolute Gasteiger partial charge is 0.487 e. The van der Waals surface area contributed by atoms with Gasteiger partial charge in [0.05, 0.1) is 90.2 Å². The van der Waals surface area contributed by atoms with Crippen molar-refractivity contribution in [2.24, 2.45) is 0 Å². The van der Waals surface area contributed by atoms with Crippen LogP contribution in [0.3, 0.4) is 0 Å². The van der Waals surface area contributed by atoms with Gasteiger partial charge in [-0.25, -0.2) is 0 Å². The molecule has 6 heterocycles. The smallest absolute Gasteiger partial charge is 0.416 e. The van der Waals surface area contributed by atoms with Crippen LogP contribution in [0.25, 0.3) is 11.1 Å². The average Bonchev–Trinajstić information content (AvgIpc) is 1.45. The van der Waals surface area contributed by atoms with Gasteiger partial charge in [-0.1, -0.05) is 80.6 Å². The number of benzene rings is 10. The summed E-state index contributed by atoms with van der Waals surface area (Å²) in [5, 5.41) is -0.467. The minimum Gasteiger partial charge on any atom is -0.487 e. The average molecular weight is 1980 g/mol. The molecule has 10 aromatic carbocycles. The quantitative estimate of drug-likeness (QED) is 0.0402. The fraction of sp³-hybridized carbons (Fsp3) is 0.302. The molecule has 0 unspecified atom stereocenters. The van der Waals surface area contributed by atoms with Crippen LogP contribution in [0.15, 0.2) is 146 Å². The normalized spacial score (nSPS) is 17.0. The number of methoxy groups -OCH3 is 2. The summed E-state index contributed by atoms with van der Waals surface area (Å²) in [6.07, 6.45) is -6.93. The van der Waals surface area contributed by atoms with Crippen molar-refractivity contribution in [1.29, 1.82) is 0 Å². The summed E-state index contributed by atoms with van der Waals surface area (Å²) < 4.78 is 175. The molecule has 2 N–H and O–H groups in total. The number of fused-ring (bicyclic) bond motifs is 9. The van der Waals surface area contributed by atoms with Gasteiger partial charge in [0.2, 0.25) is 0 Å². The Hall–Kier alpha value is -7.31. The molecule has 0 saturated heterocycles. The first-order chi connectivity index (χ1) is 59.4. The van der Waals surface area contributed by atoms with Gasteiger partial charge in [0.1, 0.15) is 44.5 Å². The Labute approximate surface area is 769 Å². The monoisotopic (exact) mass is 1970 g/mol. The summed E-state index contributed by atoms with van der Waals surface area (Å²) in [5.74, 6) is 1.24. The van der Waals surface area contributed by atoms with Crippen LogP contribution in [0.2, 0.25) is 60.3 Å². The van der Waals surface area contributed by atoms with Crippen molar-refractivity contribution in [1.82, 2.24) is 0 Å². The Morgan fingerprint density at radius 2 is 0.694 bits per heavy atom. The van der Waals surface area contributed by atoms with Crippen molar-refractivity contribution < 1.29 is 106 Å². The third-order valence-corrected chi connectivity index (χ3v) is 29.0. The Morgan fingerprint density at radius 1 is 0.363 bits per heavy atom. The van der Waals surface area contributed by atoms with Crippen LogP contribution < -0.4 is 70.7 Å². The van der Waals surface area contributed by atoms with E-state index in [9.17, 15) is 26.3 Å². The predicted molar refractivity (Wildman–Crippen MR) is 472 cm³/mol. The van der Waals surface area contributed by atoms with Gasteiger partial charge < -0.3 is 62.5 Å². The Bertz CT molecular complexity index is 5240. The fourth-order valence-corrected chi connectivity index (χ4v) is 22.0. The summed E-state index contributed by atoms with van der Waals surface area (Å²) in [4.78, 5) is 5.04. The fourth-order valence-electron chi connectivity index (χ4n) is 15.1. The maximum absolute atomic E-state index is 13.4. The van der Waals surface area contributed by atoms with Crippen LogP contribution in [0.4, 0.5) is 49.1 Å². The molecule has 0 fully saturated rings. The summed E-state index contributed by atoms with van der Waals surface area (Å²) in [6.45, 7) is 11.0. The topological polar surface area (TPSA) is 171 Å². The molecule has 0 radical (unpaired) electrons. The first kappa shape index (κ1) is 92.9. The van der Waals surface area contributed by atoms with Crippen molar-refractivity contribution in [2.75, 3.05) is 123 Å². The van der Waals surface area contributed by atoms with E-state index < -0.39 is 36.2 Å². The number of para-hydroxylation sites is 2. The second kappa shape index (κ2) is 38.2. The second-order valence-corrected chi connectivity index (χ2v) is 36.1. The minimum atomic E-state index is -6.81. The van der Waals surface area contributed by atoms with Gasteiger partial charge >= 0.3 is 281 Å². The zero-order chi connectivity index (χ0) is 88.3. The first-order valence-corrected chi connectivity index (χ1v) is 45.4. The number of hydrogen-bond acceptors (Lipinski definition) is 18. The molecule has 0 amide bonds. The van der Waals surface area contributed by atoms with Gasteiger partial charge in [0.15, 0.2) is 23.0 Å². The van der Waals surface area contributed by atoms with Gasteiger partial charge in [-0.05, 0) is 103 Å². The van der Waals surface area contributed by atoms with Gasteiger partial charge in [-0.2, -0.15) is 26.3 Å². The van der Waals surface area contributed by atoms with E-state index >= 15 is 0 Å². The molecule has 38 heteroatoms. The Morgan fingerprint density at radius 3 is 1.05 bits per heavy atom. The molecule has 1 spiro atoms. The summed E-state index contributed by atoms with van der Waals surface area (Å²) >= 11 is 75.9. The molecule has 0 bridgehead atoms. The predicted octanol–water partition coefficient (Wildman–Crippen LogP) is 26.4. The van der Waals surface area contributed by atoms with E-state index in [4.69, 9.17) is 214 Å². The van der Waals surface area contributed by atoms with Crippen LogP contribution in [-0.2, 0) is 43.3 Å². The zero-order valence-electron chi connectivity index (χ0n) is 66.0. The van der Waals surface area contributed by atoms with Gasteiger partial charge in [-0.3, -0.25) is 0 Å². The minimum absolute atomic E-state index is 0.0178. The number of quaternary nitrogens is 1. The number of ether oxygens (including phenoxy) is 10. The number of nitrogens with two attached hydrogens (primary N) is 1. The van der Waals surface area contributed by atoms with Crippen molar-refractivity contribution in [3.8, 4) is 80.1 Å². The van der Waals surface area contributed by atoms with E-state index in [1.807, 2.05) is 26.4 Å². The standard InChI is InChI=1S/C36H41N3O2.C32H34F6O8.C18Cl12O6P/c1-5-23-38-27-15-10-16-28-33(27)36(34-29(38)17-11-19-31(34)40-3,21-22-37-25-26-13-8-7-9-14-26)35-30(39(28)24-6-2)18-12-20-32(35)41-4;33-31(34,35)25-19-24(20-26(22-25)32(36,37)38)23-5-6-29-30(21-23)46-18-14-42-10-9-40-12-16-44-28-4-2-1-3-27(28)43-15-11-39-7-8-41-13-17-45-29;19-1-2(20)8(26)14-13(7(1)25)31-37(32-14,33-15-9(27)3(21)4(22)10(28)16(15)34-37)35-17-11(29)5(23)6(24)12(30)18(17)36-37/h7-20,37H,5-6,21-25H2,1-4H3;1-6,19-22H,7-18H2;/q;;-1/p+1. The van der Waals surface area contributed by atoms with Crippen LogP contribution in [0.5, 0.6) is 69.0 Å². The van der Waals surface area contributed by atoms with Crippen LogP contribution in [-0.4, -0.2) is 113 Å². The van der Waals surface area contributed by atoms with Crippen LogP contribution in [0, 0.1) is 0 Å². The summed E-state index contributed by atoms with van der Waals surface area (Å²) in [5.41, 5.74) is 6.82. The Kier molecular flexibility index (Phi) is 28.6. The van der Waals surface area contributed by atoms with Gasteiger partial charge in [0, 0.05) is 64.5 Å². The molecule has 124 heavy (non-hydrogen) atoms. The number of alkyl halides is 6. The molecule has 19 nitrogen and oxygen atoms in total. The molecule has 6 aliphatic heterocycles. The molecule has 0 saturated carbocycles. The molecule has 10 aromatic rings. The molecule has 16 rings (SSSR count). The van der Waals surface area contributed by atoms with Crippen molar-refractivity contribution in [2.45, 2.75) is 57.4 Å². The van der Waals surface area contributed by atoms with Gasteiger partial charge in [-0.15, -0.1) is 0 Å². The molecule has 6 aliphatic rings. The Balaban J connectivity index is 0.000000152. The number of halogens is 18. The van der Waals surface area contributed by atoms with E-state index in [2.05, 4.69) is 114 Å². The summed E-state index contributed by atoms with van der Waals surface area (Å²) in [6, 6.07) is 43.5. The maximum atomic E-state index is 13.4. The van der Waals surface area contributed by atoms with E-state index in [-0.39, 0.29) is 176 Å². The first-order valence-electron chi connectivity index (χ1n) is 38.6. The third kappa shape index (κ3) is 18.0.